The van der Waals surface area contributed by atoms with Gasteiger partial charge in [-0.1, -0.05) is 42.5 Å². The second kappa shape index (κ2) is 10.0. The number of rotatable bonds is 9. The number of carbonyl (C=O) groups excluding carboxylic acids is 1. The molecular formula is C27H24N2O5. The maximum atomic E-state index is 13.3. The molecule has 0 aromatic heterocycles. The van der Waals surface area contributed by atoms with Gasteiger partial charge in [0, 0.05) is 29.8 Å². The number of nitro benzene ring substituents is 1. The lowest BCUT2D eigenvalue weighted by molar-refractivity contribution is -0.384. The van der Waals surface area contributed by atoms with E-state index in [9.17, 15) is 14.9 Å². The minimum Gasteiger partial charge on any atom is -0.493 e. The molecule has 0 saturated heterocycles. The van der Waals surface area contributed by atoms with Crippen LogP contribution < -0.4 is 14.8 Å². The molecule has 0 heterocycles. The molecule has 4 rings (SSSR count). The molecule has 0 bridgehead atoms. The molecule has 172 valence electrons. The summed E-state index contributed by atoms with van der Waals surface area (Å²) in [6, 6.07) is 24.8. The Morgan fingerprint density at radius 1 is 0.882 bits per heavy atom. The van der Waals surface area contributed by atoms with Crippen molar-refractivity contribution in [1.82, 2.24) is 0 Å². The van der Waals surface area contributed by atoms with Gasteiger partial charge < -0.3 is 14.8 Å². The number of benzene rings is 4. The summed E-state index contributed by atoms with van der Waals surface area (Å²) in [5.41, 5.74) is 2.11. The number of nitrogens with zero attached hydrogens (tertiary/aromatic N) is 1. The van der Waals surface area contributed by atoms with Crippen LogP contribution in [-0.2, 0) is 0 Å². The average molecular weight is 456 g/mol. The van der Waals surface area contributed by atoms with Crippen molar-refractivity contribution in [2.75, 3.05) is 19.5 Å². The van der Waals surface area contributed by atoms with E-state index in [1.54, 1.807) is 32.4 Å². The van der Waals surface area contributed by atoms with Gasteiger partial charge in [0.15, 0.2) is 17.3 Å². The summed E-state index contributed by atoms with van der Waals surface area (Å²) >= 11 is 0. The Balaban J connectivity index is 1.66. The molecule has 1 unspecified atom stereocenters. The van der Waals surface area contributed by atoms with Gasteiger partial charge >= 0.3 is 0 Å². The monoisotopic (exact) mass is 456 g/mol. The predicted octanol–water partition coefficient (Wildman–Crippen LogP) is 6.19. The Labute approximate surface area is 197 Å². The van der Waals surface area contributed by atoms with Crippen LogP contribution >= 0.6 is 0 Å². The van der Waals surface area contributed by atoms with Gasteiger partial charge in [0.25, 0.3) is 5.69 Å². The van der Waals surface area contributed by atoms with Crippen molar-refractivity contribution < 1.29 is 19.2 Å². The SMILES string of the molecule is COc1ccc(C(CC(=O)c2ccc3ccccc3c2)Nc2ccc([N+](=O)[O-])cc2)cc1OC. The topological polar surface area (TPSA) is 90.7 Å². The Kier molecular flexibility index (Phi) is 6.73. The highest BCUT2D eigenvalue weighted by Crippen LogP contribution is 2.33. The minimum absolute atomic E-state index is 0.000423. The van der Waals surface area contributed by atoms with Crippen LogP contribution in [0.1, 0.15) is 28.4 Å². The minimum atomic E-state index is -0.446. The zero-order valence-electron chi connectivity index (χ0n) is 18.9. The largest absolute Gasteiger partial charge is 0.493 e. The van der Waals surface area contributed by atoms with Crippen molar-refractivity contribution in [1.29, 1.82) is 0 Å². The van der Waals surface area contributed by atoms with E-state index in [2.05, 4.69) is 5.32 Å². The van der Waals surface area contributed by atoms with Gasteiger partial charge in [-0.05, 0) is 46.7 Å². The van der Waals surface area contributed by atoms with E-state index in [4.69, 9.17) is 9.47 Å². The van der Waals surface area contributed by atoms with Gasteiger partial charge in [0.1, 0.15) is 0 Å². The van der Waals surface area contributed by atoms with Crippen LogP contribution in [0.3, 0.4) is 0 Å². The number of Topliss-reactive ketones (excluding diaryl/α,β-unsaturated/α-hetero) is 1. The molecule has 0 aliphatic rings. The first-order chi connectivity index (χ1) is 16.5. The third-order valence-electron chi connectivity index (χ3n) is 5.69. The van der Waals surface area contributed by atoms with Crippen LogP contribution in [0.25, 0.3) is 10.8 Å². The lowest BCUT2D eigenvalue weighted by Gasteiger charge is -2.21. The Bertz CT molecular complexity index is 1330. The molecule has 0 aliphatic heterocycles. The molecule has 34 heavy (non-hydrogen) atoms. The van der Waals surface area contributed by atoms with E-state index in [0.29, 0.717) is 22.7 Å². The maximum absolute atomic E-state index is 13.3. The second-order valence-electron chi connectivity index (χ2n) is 7.80. The van der Waals surface area contributed by atoms with Crippen LogP contribution in [0.4, 0.5) is 11.4 Å². The fourth-order valence-electron chi connectivity index (χ4n) is 3.87. The molecule has 0 saturated carbocycles. The van der Waals surface area contributed by atoms with Crippen LogP contribution in [0.5, 0.6) is 11.5 Å². The summed E-state index contributed by atoms with van der Waals surface area (Å²) in [5.74, 6) is 1.11. The molecule has 0 radical (unpaired) electrons. The van der Waals surface area contributed by atoms with Gasteiger partial charge in [0.05, 0.1) is 25.2 Å². The summed E-state index contributed by atoms with van der Waals surface area (Å²) in [5, 5.41) is 16.4. The van der Waals surface area contributed by atoms with Crippen molar-refractivity contribution in [3.05, 3.63) is 106 Å². The molecular weight excluding hydrogens is 432 g/mol. The molecule has 1 atom stereocenters. The van der Waals surface area contributed by atoms with E-state index in [-0.39, 0.29) is 17.9 Å². The van der Waals surface area contributed by atoms with Crippen molar-refractivity contribution in [3.8, 4) is 11.5 Å². The number of nitrogens with one attached hydrogen (secondary N) is 1. The highest BCUT2D eigenvalue weighted by Gasteiger charge is 2.20. The van der Waals surface area contributed by atoms with Crippen LogP contribution in [0.15, 0.2) is 84.9 Å². The zero-order valence-corrected chi connectivity index (χ0v) is 18.9. The van der Waals surface area contributed by atoms with Gasteiger partial charge in [-0.15, -0.1) is 0 Å². The normalized spacial score (nSPS) is 11.6. The van der Waals surface area contributed by atoms with Crippen molar-refractivity contribution in [3.63, 3.8) is 0 Å². The fraction of sp³-hybridized carbons (Fsp3) is 0.148. The number of hydrogen-bond donors (Lipinski definition) is 1. The predicted molar refractivity (Wildman–Crippen MR) is 132 cm³/mol. The molecule has 1 N–H and O–H groups in total. The van der Waals surface area contributed by atoms with Crippen molar-refractivity contribution in [2.24, 2.45) is 0 Å². The first kappa shape index (κ1) is 22.8. The van der Waals surface area contributed by atoms with Gasteiger partial charge in [-0.2, -0.15) is 0 Å². The standard InChI is InChI=1S/C27H24N2O5/c1-33-26-14-9-20(16-27(26)34-2)24(28-22-10-12-23(13-11-22)29(31)32)17-25(30)21-8-7-18-5-3-4-6-19(18)15-21/h3-16,24,28H,17H2,1-2H3. The summed E-state index contributed by atoms with van der Waals surface area (Å²) in [6.07, 6.45) is 0.171. The van der Waals surface area contributed by atoms with E-state index in [0.717, 1.165) is 16.3 Å². The second-order valence-corrected chi connectivity index (χ2v) is 7.80. The number of non-ortho nitro benzene ring substituents is 1. The highest BCUT2D eigenvalue weighted by molar-refractivity contribution is 6.00. The summed E-state index contributed by atoms with van der Waals surface area (Å²) in [4.78, 5) is 23.8. The van der Waals surface area contributed by atoms with E-state index in [1.807, 2.05) is 54.6 Å². The molecule has 7 heteroatoms. The molecule has 0 aliphatic carbocycles. The number of nitro groups is 1. The lowest BCUT2D eigenvalue weighted by Crippen LogP contribution is -2.16. The number of anilines is 1. The number of fused-ring (bicyclic) bond motifs is 1. The number of carbonyl (C=O) groups is 1. The van der Waals surface area contributed by atoms with Crippen molar-refractivity contribution >= 4 is 27.9 Å². The Hall–Kier alpha value is -4.39. The number of ketones is 1. The third-order valence-corrected chi connectivity index (χ3v) is 5.69. The summed E-state index contributed by atoms with van der Waals surface area (Å²) in [7, 11) is 3.12. The first-order valence-corrected chi connectivity index (χ1v) is 10.7. The third kappa shape index (κ3) is 4.99. The van der Waals surface area contributed by atoms with E-state index >= 15 is 0 Å². The van der Waals surface area contributed by atoms with Gasteiger partial charge in [-0.3, -0.25) is 14.9 Å². The number of methoxy groups -OCH3 is 2. The van der Waals surface area contributed by atoms with Crippen LogP contribution in [-0.4, -0.2) is 24.9 Å². The number of ether oxygens (including phenoxy) is 2. The molecule has 4 aromatic carbocycles. The van der Waals surface area contributed by atoms with Crippen LogP contribution in [0.2, 0.25) is 0 Å². The zero-order chi connectivity index (χ0) is 24.1. The van der Waals surface area contributed by atoms with E-state index in [1.165, 1.54) is 12.1 Å². The Morgan fingerprint density at radius 2 is 1.59 bits per heavy atom. The van der Waals surface area contributed by atoms with Gasteiger partial charge in [-0.25, -0.2) is 0 Å². The summed E-state index contributed by atoms with van der Waals surface area (Å²) < 4.78 is 10.8. The van der Waals surface area contributed by atoms with Gasteiger partial charge in [0.2, 0.25) is 0 Å². The lowest BCUT2D eigenvalue weighted by atomic mass is 9.96. The molecule has 7 nitrogen and oxygen atoms in total. The quantitative estimate of drug-likeness (QED) is 0.183. The highest BCUT2D eigenvalue weighted by atomic mass is 16.6. The molecule has 4 aromatic rings. The molecule has 0 fully saturated rings. The number of hydrogen-bond acceptors (Lipinski definition) is 6. The van der Waals surface area contributed by atoms with Crippen molar-refractivity contribution in [2.45, 2.75) is 12.5 Å². The Morgan fingerprint density at radius 3 is 2.26 bits per heavy atom. The first-order valence-electron chi connectivity index (χ1n) is 10.7. The molecule has 0 spiro atoms. The fourth-order valence-corrected chi connectivity index (χ4v) is 3.87. The molecule has 0 amide bonds. The summed E-state index contributed by atoms with van der Waals surface area (Å²) in [6.45, 7) is 0. The van der Waals surface area contributed by atoms with E-state index < -0.39 is 11.0 Å². The van der Waals surface area contributed by atoms with Crippen LogP contribution in [0, 0.1) is 10.1 Å². The maximum Gasteiger partial charge on any atom is 0.269 e. The smallest absolute Gasteiger partial charge is 0.269 e. The average Bonchev–Trinajstić information content (AvgIpc) is 2.87.